The lowest BCUT2D eigenvalue weighted by Gasteiger charge is -2.24. The average molecular weight is 1240 g/mol. The van der Waals surface area contributed by atoms with Gasteiger partial charge in [-0.3, -0.25) is 0 Å². The molecule has 482 valence electrons. The van der Waals surface area contributed by atoms with Gasteiger partial charge in [0.2, 0.25) is 0 Å². The summed E-state index contributed by atoms with van der Waals surface area (Å²) in [6.45, 7) is 31.3. The van der Waals surface area contributed by atoms with Crippen molar-refractivity contribution in [2.45, 2.75) is 238 Å². The molecule has 9 rings (SSSR count). The first-order chi connectivity index (χ1) is 55.1. The Labute approximate surface area is 598 Å². The van der Waals surface area contributed by atoms with Gasteiger partial charge in [0, 0.05) is 20.6 Å². The van der Waals surface area contributed by atoms with Crippen molar-refractivity contribution in [1.29, 1.82) is 0 Å². The fourth-order valence-electron chi connectivity index (χ4n) is 8.67. The van der Waals surface area contributed by atoms with Crippen LogP contribution >= 0.6 is 0 Å². The molecule has 0 aliphatic rings. The van der Waals surface area contributed by atoms with Crippen LogP contribution in [-0.2, 0) is 21.7 Å². The number of hydrogen-bond acceptors (Lipinski definition) is 0. The van der Waals surface area contributed by atoms with Crippen LogP contribution in [0.25, 0.3) is 22.3 Å². The van der Waals surface area contributed by atoms with Gasteiger partial charge in [-0.25, -0.2) is 0 Å². The van der Waals surface area contributed by atoms with Crippen molar-refractivity contribution >= 4 is 0 Å². The van der Waals surface area contributed by atoms with Crippen LogP contribution < -0.4 is 0 Å². The van der Waals surface area contributed by atoms with Gasteiger partial charge in [0.1, 0.15) is 0 Å². The normalized spacial score (nSPS) is 17.1. The van der Waals surface area contributed by atoms with Gasteiger partial charge in [0.15, 0.2) is 0 Å². The van der Waals surface area contributed by atoms with Crippen molar-refractivity contribution in [3.63, 3.8) is 0 Å². The molecule has 0 aromatic heterocycles. The summed E-state index contributed by atoms with van der Waals surface area (Å²) in [4.78, 5) is 0. The molecular weight excluding hydrogens is 1080 g/mol. The average Bonchev–Trinajstić information content (AvgIpc) is 0.750. The van der Waals surface area contributed by atoms with E-state index < -0.39 is 57.3 Å². The molecule has 0 saturated carbocycles. The van der Waals surface area contributed by atoms with E-state index in [0.717, 1.165) is 22.3 Å². The summed E-state index contributed by atoms with van der Waals surface area (Å²) in [5.41, 5.74) is 8.39. The predicted molar refractivity (Wildman–Crippen MR) is 405 cm³/mol. The largest absolute Gasteiger partial charge is 0.0629 e. The smallest absolute Gasteiger partial charge is 0.0622 e. The van der Waals surface area contributed by atoms with Crippen LogP contribution in [0.1, 0.15) is 304 Å². The van der Waals surface area contributed by atoms with Crippen LogP contribution in [0.3, 0.4) is 0 Å². The summed E-state index contributed by atoms with van der Waals surface area (Å²) < 4.78 is 246. The summed E-state index contributed by atoms with van der Waals surface area (Å²) in [6, 6.07) is 32.4. The van der Waals surface area contributed by atoms with Gasteiger partial charge in [0.05, 0.1) is 23.3 Å². The number of rotatable bonds is 7. The highest BCUT2D eigenvalue weighted by Gasteiger charge is 2.20. The molecule has 0 heterocycles. The molecule has 0 amide bonds. The Kier molecular flexibility index (Phi) is 16.4. The van der Waals surface area contributed by atoms with Gasteiger partial charge in [0.25, 0.3) is 0 Å². The minimum Gasteiger partial charge on any atom is -0.0622 e. The van der Waals surface area contributed by atoms with Gasteiger partial charge < -0.3 is 0 Å². The maximum absolute atomic E-state index is 8.22. The molecule has 0 radical (unpaired) electrons. The van der Waals surface area contributed by atoms with Crippen molar-refractivity contribution in [3.05, 3.63) is 296 Å². The molecule has 0 bridgehead atoms. The van der Waals surface area contributed by atoms with Crippen LogP contribution in [0.15, 0.2) is 218 Å². The van der Waals surface area contributed by atoms with Crippen LogP contribution in [0.4, 0.5) is 0 Å². The highest BCUT2D eigenvalue weighted by atomic mass is 14.2. The van der Waals surface area contributed by atoms with Gasteiger partial charge >= 0.3 is 0 Å². The molecule has 0 unspecified atom stereocenters. The van der Waals surface area contributed by atoms with E-state index in [4.69, 9.17) is 43.9 Å². The molecule has 0 heteroatoms. The van der Waals surface area contributed by atoms with Crippen molar-refractivity contribution in [2.24, 2.45) is 0 Å². The van der Waals surface area contributed by atoms with Crippen molar-refractivity contribution in [3.8, 4) is 22.3 Å². The summed E-state index contributed by atoms with van der Waals surface area (Å²) in [7, 11) is 0. The molecule has 0 nitrogen and oxygen atoms in total. The van der Waals surface area contributed by atoms with Gasteiger partial charge in [-0.05, 0) is 169 Å². The minimum absolute atomic E-state index is 0.0326. The number of aryl methyl sites for hydroxylation is 3. The molecule has 0 fully saturated rings. The van der Waals surface area contributed by atoms with E-state index in [1.807, 2.05) is 76.2 Å². The van der Waals surface area contributed by atoms with Crippen molar-refractivity contribution in [1.82, 2.24) is 0 Å². The van der Waals surface area contributed by atoms with E-state index in [9.17, 15) is 0 Å². The van der Waals surface area contributed by atoms with E-state index in [0.29, 0.717) is 44.9 Å². The van der Waals surface area contributed by atoms with Crippen LogP contribution in [0, 0.1) is 34.3 Å². The zero-order valence-corrected chi connectivity index (χ0v) is 57.9. The van der Waals surface area contributed by atoms with Gasteiger partial charge in [-0.1, -0.05) is 387 Å². The Morgan fingerprint density at radius 3 is 1.16 bits per heavy atom. The lowest BCUT2D eigenvalue weighted by Crippen LogP contribution is -2.14. The summed E-state index contributed by atoms with van der Waals surface area (Å²) in [5.74, 6) is 0.363. The molecule has 9 aromatic carbocycles. The Hall–Kier alpha value is -7.02. The lowest BCUT2D eigenvalue weighted by atomic mass is 9.81. The summed E-state index contributed by atoms with van der Waals surface area (Å²) in [6.07, 6.45) is 0. The molecular formula is C90H122. The summed E-state index contributed by atoms with van der Waals surface area (Å²) >= 11 is 0. The number of hydrogen-bond donors (Lipinski definition) is 0. The summed E-state index contributed by atoms with van der Waals surface area (Å²) in [5, 5.41) is 0. The third-order valence-corrected chi connectivity index (χ3v) is 14.0. The van der Waals surface area contributed by atoms with E-state index in [-0.39, 0.29) is 153 Å². The Morgan fingerprint density at radius 1 is 0.311 bits per heavy atom. The standard InChI is InChI=1S/2C17H20.2C13H20.C11H16.C10H14.C9H12/c1-12(2)15-10-5-6-11-16(15)17-13(3)8-7-9-14(17)4;1-13-9-11-14(12-10-13)15-7-5-6-8-16(15)17(2,3)4;1-10(2)11-6-8-12(9-7-11)13(3,4)5;1-10(2)11-8-6-7-9-12(11)13(3,4)5;1-9-5-7-10(8-6-9)11(2,3)4;1-8(2)10-6-4-9(3)5-7-10;1-8(2)9-6-4-3-5-7-9/h2*5-12H,1-4H3;2*6-10H,1-5H3;5-8H,1-4H3;4-8H,1-3H3;3-8H,1-2H3/i3D3,4D3;9D,10D,11D,12D;3D3,6D,7D,8D,9D;;1D3;3D3,4D,5D,6D,7D;3D,4D,5D,6D,7D. The van der Waals surface area contributed by atoms with Crippen LogP contribution in [-0.4, -0.2) is 0 Å². The predicted octanol–water partition coefficient (Wildman–Crippen LogP) is 27.5. The molecule has 0 saturated heterocycles. The van der Waals surface area contributed by atoms with Crippen LogP contribution in [0.5, 0.6) is 0 Å². The Morgan fingerprint density at radius 2 is 0.733 bits per heavy atom. The second-order valence-electron chi connectivity index (χ2n) is 27.3. The minimum atomic E-state index is -2.63. The Bertz CT molecular complexity index is 4880. The van der Waals surface area contributed by atoms with Crippen molar-refractivity contribution in [2.75, 3.05) is 0 Å². The molecule has 0 aliphatic carbocycles. The topological polar surface area (TPSA) is 0 Å². The fraction of sp³-hybridized carbons (Fsp3) is 0.400. The van der Waals surface area contributed by atoms with E-state index in [2.05, 4.69) is 100 Å². The second kappa shape index (κ2) is 36.1. The second-order valence-corrected chi connectivity index (χ2v) is 27.3. The zero-order valence-electron chi connectivity index (χ0n) is 89.9. The maximum Gasteiger partial charge on any atom is 0.0629 e. The van der Waals surface area contributed by atoms with Crippen molar-refractivity contribution < 1.29 is 43.9 Å². The molecule has 0 aliphatic heterocycles. The molecule has 90 heavy (non-hydrogen) atoms. The lowest BCUT2D eigenvalue weighted by molar-refractivity contribution is 0.577. The zero-order chi connectivity index (χ0) is 95.0. The fourth-order valence-corrected chi connectivity index (χ4v) is 8.67. The molecule has 0 spiro atoms. The molecule has 9 aromatic rings. The Balaban J connectivity index is 0.000000371. The monoisotopic (exact) mass is 1240 g/mol. The quantitative estimate of drug-likeness (QED) is 0.149. The maximum atomic E-state index is 8.22. The third-order valence-electron chi connectivity index (χ3n) is 14.0. The molecule has 0 atom stereocenters. The third kappa shape index (κ3) is 26.4. The van der Waals surface area contributed by atoms with E-state index >= 15 is 0 Å². The first kappa shape index (κ1) is 40.8. The van der Waals surface area contributed by atoms with Crippen LogP contribution in [0.2, 0.25) is 0 Å². The highest BCUT2D eigenvalue weighted by molar-refractivity contribution is 5.74. The first-order valence-electron chi connectivity index (χ1n) is 47.0. The highest BCUT2D eigenvalue weighted by Crippen LogP contribution is 2.35. The van der Waals surface area contributed by atoms with E-state index in [1.165, 1.54) is 43.2 Å². The first-order valence-corrected chi connectivity index (χ1v) is 31.0. The SMILES string of the molecule is CC(C)c1ccccc1C(C)(C)C.[2H]C([2H])([2H])c1ccc(C(C)(C)C)cc1.[2H]C([2H])([2H])c1cccc(C([2H])([2H])[2H])c1-c1ccccc1C(C)C.[2H]c1c([2H])c(-c2ccccc2C(C)(C)C)c([2H])c([2H])c1C.[2H]c1c([2H])c(C(C)(C)C([2H])([2H])[2H])c([2H])c([2H])c1C(C)C.[2H]c1c([2H])c(C([2H])([2H])[2H])c([2H])c([2H])c1C(C)C.[2H]c1c([2H])c([2H])c(C(C)C)c([2H])c1[2H]. The van der Waals surface area contributed by atoms with E-state index in [1.54, 1.807) is 58.9 Å². The molecule has 0 N–H and O–H groups in total. The number of benzene rings is 9. The van der Waals surface area contributed by atoms with Gasteiger partial charge in [-0.15, -0.1) is 0 Å². The van der Waals surface area contributed by atoms with Gasteiger partial charge in [-0.2, -0.15) is 0 Å².